The number of benzene rings is 1. The van der Waals surface area contributed by atoms with Crippen LogP contribution in [0.25, 0.3) is 0 Å². The fourth-order valence-corrected chi connectivity index (χ4v) is 3.00. The molecule has 1 saturated heterocycles. The van der Waals surface area contributed by atoms with Gasteiger partial charge in [-0.15, -0.1) is 0 Å². The van der Waals surface area contributed by atoms with Crippen molar-refractivity contribution in [3.8, 4) is 0 Å². The van der Waals surface area contributed by atoms with Crippen LogP contribution >= 0.6 is 31.9 Å². The Labute approximate surface area is 106 Å². The van der Waals surface area contributed by atoms with Crippen LogP contribution < -0.4 is 0 Å². The molecule has 1 unspecified atom stereocenters. The first-order valence-corrected chi connectivity index (χ1v) is 6.44. The number of rotatable bonds is 1. The van der Waals surface area contributed by atoms with Crippen LogP contribution in [0, 0.1) is 0 Å². The number of alkyl halides is 2. The highest BCUT2D eigenvalue weighted by Crippen LogP contribution is 2.50. The van der Waals surface area contributed by atoms with E-state index >= 15 is 0 Å². The van der Waals surface area contributed by atoms with E-state index in [-0.39, 0.29) is 0 Å². The van der Waals surface area contributed by atoms with Gasteiger partial charge < -0.3 is 9.84 Å². The molecule has 2 nitrogen and oxygen atoms in total. The van der Waals surface area contributed by atoms with Gasteiger partial charge in [0.15, 0.2) is 0 Å². The summed E-state index contributed by atoms with van der Waals surface area (Å²) in [4.78, 5) is 0. The van der Waals surface area contributed by atoms with E-state index in [0.717, 1.165) is 18.4 Å². The summed E-state index contributed by atoms with van der Waals surface area (Å²) < 4.78 is 4.92. The minimum atomic E-state index is -1.30. The molecule has 15 heavy (non-hydrogen) atoms. The molecule has 1 aromatic carbocycles. The highest BCUT2D eigenvalue weighted by atomic mass is 79.9. The fraction of sp³-hybridized carbons (Fsp3) is 0.455. The van der Waals surface area contributed by atoms with E-state index < -0.39 is 9.02 Å². The third-order valence-electron chi connectivity index (χ3n) is 2.61. The van der Waals surface area contributed by atoms with E-state index in [1.54, 1.807) is 0 Å². The van der Waals surface area contributed by atoms with Gasteiger partial charge in [-0.25, -0.2) is 0 Å². The molecule has 1 fully saturated rings. The molecule has 0 aliphatic carbocycles. The van der Waals surface area contributed by atoms with Crippen molar-refractivity contribution in [2.45, 2.75) is 21.9 Å². The summed E-state index contributed by atoms with van der Waals surface area (Å²) in [5.74, 6) is -1.30. The molecule has 1 aliphatic rings. The van der Waals surface area contributed by atoms with Gasteiger partial charge in [-0.1, -0.05) is 62.2 Å². The Bertz CT molecular complexity index is 340. The first kappa shape index (κ1) is 11.6. The molecular weight excluding hydrogens is 324 g/mol. The largest absolute Gasteiger partial charge is 0.360 e. The van der Waals surface area contributed by atoms with Crippen LogP contribution in [0.15, 0.2) is 30.3 Å². The molecule has 2 rings (SSSR count). The van der Waals surface area contributed by atoms with Crippen LogP contribution in [-0.2, 0) is 10.5 Å². The zero-order valence-corrected chi connectivity index (χ0v) is 11.3. The first-order chi connectivity index (χ1) is 7.06. The second-order valence-corrected chi connectivity index (χ2v) is 7.44. The maximum absolute atomic E-state index is 10.6. The zero-order valence-electron chi connectivity index (χ0n) is 8.12. The molecule has 1 N–H and O–H groups in total. The van der Waals surface area contributed by atoms with Gasteiger partial charge in [0, 0.05) is 5.56 Å². The predicted octanol–water partition coefficient (Wildman–Crippen LogP) is 3.13. The number of ether oxygens (including phenoxy) is 1. The third kappa shape index (κ3) is 2.00. The lowest BCUT2D eigenvalue weighted by Crippen LogP contribution is -2.48. The highest BCUT2D eigenvalue weighted by Gasteiger charge is 2.51. The van der Waals surface area contributed by atoms with Crippen LogP contribution in [0.5, 0.6) is 0 Å². The summed E-state index contributed by atoms with van der Waals surface area (Å²) in [7, 11) is 0. The number of halogens is 2. The molecular formula is C11H12Br2O2. The van der Waals surface area contributed by atoms with Gasteiger partial charge in [0.2, 0.25) is 5.79 Å². The van der Waals surface area contributed by atoms with E-state index in [1.165, 1.54) is 0 Å². The lowest BCUT2D eigenvalue weighted by molar-refractivity contribution is -0.233. The molecule has 0 saturated carbocycles. The van der Waals surface area contributed by atoms with Crippen molar-refractivity contribution in [3.63, 3.8) is 0 Å². The van der Waals surface area contributed by atoms with Crippen LogP contribution in [0.3, 0.4) is 0 Å². The SMILES string of the molecule is OC1(c2ccccc2)OCCCC1(Br)Br. The van der Waals surface area contributed by atoms with Crippen LogP contribution in [0.2, 0.25) is 0 Å². The quantitative estimate of drug-likeness (QED) is 0.799. The van der Waals surface area contributed by atoms with Gasteiger partial charge in [-0.2, -0.15) is 0 Å². The van der Waals surface area contributed by atoms with E-state index in [0.29, 0.717) is 6.61 Å². The molecule has 1 atom stereocenters. The average molecular weight is 336 g/mol. The smallest absolute Gasteiger partial charge is 0.218 e. The molecule has 1 heterocycles. The molecule has 0 amide bonds. The minimum Gasteiger partial charge on any atom is -0.360 e. The molecule has 4 heteroatoms. The van der Waals surface area contributed by atoms with Crippen molar-refractivity contribution in [3.05, 3.63) is 35.9 Å². The first-order valence-electron chi connectivity index (χ1n) is 4.86. The summed E-state index contributed by atoms with van der Waals surface area (Å²) in [5.41, 5.74) is 0.762. The standard InChI is InChI=1S/C11H12Br2O2/c12-10(13)7-4-8-15-11(10,14)9-5-2-1-3-6-9/h1-3,5-6,14H,4,7-8H2. The Hall–Kier alpha value is 0.1000. The Morgan fingerprint density at radius 2 is 1.87 bits per heavy atom. The third-order valence-corrected chi connectivity index (χ3v) is 4.47. The summed E-state index contributed by atoms with van der Waals surface area (Å²) in [6.45, 7) is 0.574. The lowest BCUT2D eigenvalue weighted by atomic mass is 9.97. The fourth-order valence-electron chi connectivity index (χ4n) is 1.75. The molecule has 0 aromatic heterocycles. The van der Waals surface area contributed by atoms with Crippen molar-refractivity contribution >= 4 is 31.9 Å². The van der Waals surface area contributed by atoms with Gasteiger partial charge in [0.05, 0.1) is 6.61 Å². The van der Waals surface area contributed by atoms with Crippen molar-refractivity contribution in [1.29, 1.82) is 0 Å². The van der Waals surface area contributed by atoms with Crippen LogP contribution in [0.4, 0.5) is 0 Å². The maximum atomic E-state index is 10.6. The average Bonchev–Trinajstić information content (AvgIpc) is 2.24. The molecule has 0 bridgehead atoms. The van der Waals surface area contributed by atoms with E-state index in [4.69, 9.17) is 4.74 Å². The Balaban J connectivity index is 2.40. The van der Waals surface area contributed by atoms with Gasteiger partial charge in [-0.05, 0) is 12.8 Å². The summed E-state index contributed by atoms with van der Waals surface area (Å²) in [6, 6.07) is 9.42. The minimum absolute atomic E-state index is 0.574. The van der Waals surface area contributed by atoms with E-state index in [1.807, 2.05) is 30.3 Å². The molecule has 1 aliphatic heterocycles. The van der Waals surface area contributed by atoms with Gasteiger partial charge in [0.1, 0.15) is 3.23 Å². The van der Waals surface area contributed by atoms with Crippen molar-refractivity contribution in [1.82, 2.24) is 0 Å². The van der Waals surface area contributed by atoms with Crippen molar-refractivity contribution < 1.29 is 9.84 Å². The molecule has 0 spiro atoms. The van der Waals surface area contributed by atoms with Gasteiger partial charge in [-0.3, -0.25) is 0 Å². The monoisotopic (exact) mass is 334 g/mol. The summed E-state index contributed by atoms with van der Waals surface area (Å²) in [5, 5.41) is 10.6. The topological polar surface area (TPSA) is 29.5 Å². The van der Waals surface area contributed by atoms with Crippen LogP contribution in [0.1, 0.15) is 18.4 Å². The van der Waals surface area contributed by atoms with Gasteiger partial charge in [0.25, 0.3) is 0 Å². The molecule has 1 aromatic rings. The van der Waals surface area contributed by atoms with E-state index in [9.17, 15) is 5.11 Å². The number of hydrogen-bond acceptors (Lipinski definition) is 2. The predicted molar refractivity (Wildman–Crippen MR) is 66.1 cm³/mol. The van der Waals surface area contributed by atoms with E-state index in [2.05, 4.69) is 31.9 Å². The summed E-state index contributed by atoms with van der Waals surface area (Å²) in [6.07, 6.45) is 1.74. The zero-order chi connectivity index (χ0) is 10.9. The Kier molecular flexibility index (Phi) is 3.22. The van der Waals surface area contributed by atoms with Crippen LogP contribution in [-0.4, -0.2) is 14.9 Å². The lowest BCUT2D eigenvalue weighted by Gasteiger charge is -2.42. The molecule has 82 valence electrons. The normalized spacial score (nSPS) is 30.1. The summed E-state index contributed by atoms with van der Waals surface area (Å²) >= 11 is 6.99. The maximum Gasteiger partial charge on any atom is 0.218 e. The Morgan fingerprint density at radius 1 is 1.20 bits per heavy atom. The second-order valence-electron chi connectivity index (χ2n) is 3.67. The molecule has 0 radical (unpaired) electrons. The van der Waals surface area contributed by atoms with Gasteiger partial charge >= 0.3 is 0 Å². The Morgan fingerprint density at radius 3 is 2.47 bits per heavy atom. The van der Waals surface area contributed by atoms with Crippen molar-refractivity contribution in [2.24, 2.45) is 0 Å². The number of aliphatic hydroxyl groups is 1. The highest BCUT2D eigenvalue weighted by molar-refractivity contribution is 9.25. The van der Waals surface area contributed by atoms with Crippen molar-refractivity contribution in [2.75, 3.05) is 6.61 Å². The second kappa shape index (κ2) is 4.17. The number of hydrogen-bond donors (Lipinski definition) is 1.